The lowest BCUT2D eigenvalue weighted by molar-refractivity contribution is 0.810. The fraction of sp³-hybridized carbons (Fsp3) is 0.385. The smallest absolute Gasteiger partial charge is 0.0824 e. The lowest BCUT2D eigenvalue weighted by Crippen LogP contribution is -2.25. The lowest BCUT2D eigenvalue weighted by atomic mass is 10.2. The van der Waals surface area contributed by atoms with Crippen molar-refractivity contribution >= 4 is 14.0 Å². The molecule has 0 saturated carbocycles. The predicted molar refractivity (Wildman–Crippen MR) is 66.5 cm³/mol. The highest BCUT2D eigenvalue weighted by Crippen LogP contribution is 2.04. The van der Waals surface area contributed by atoms with E-state index in [4.69, 9.17) is 0 Å². The van der Waals surface area contributed by atoms with E-state index < -0.39 is 0 Å². The highest BCUT2D eigenvalue weighted by atomic mass is 28.3. The molecule has 0 fully saturated rings. The SMILES string of the molecule is C=CCCCC[Si](C)c1ccccc1. The predicted octanol–water partition coefficient (Wildman–Crippen LogP) is 3.37. The quantitative estimate of drug-likeness (QED) is 0.378. The number of hydrogen-bond donors (Lipinski definition) is 0. The largest absolute Gasteiger partial charge is 0.103 e. The van der Waals surface area contributed by atoms with Gasteiger partial charge in [0.1, 0.15) is 0 Å². The summed E-state index contributed by atoms with van der Waals surface area (Å²) in [5, 5.41) is 1.57. The van der Waals surface area contributed by atoms with Crippen LogP contribution in [0.1, 0.15) is 19.3 Å². The Morgan fingerprint density at radius 3 is 2.57 bits per heavy atom. The maximum atomic E-state index is 3.74. The molecular weight excluding hydrogens is 184 g/mol. The minimum atomic E-state index is -0.282. The molecule has 75 valence electrons. The summed E-state index contributed by atoms with van der Waals surface area (Å²) >= 11 is 0. The normalized spacial score (nSPS) is 10.4. The summed E-state index contributed by atoms with van der Waals surface area (Å²) in [6.45, 7) is 6.15. The fourth-order valence-corrected chi connectivity index (χ4v) is 3.38. The summed E-state index contributed by atoms with van der Waals surface area (Å²) in [6.07, 6.45) is 5.85. The maximum absolute atomic E-state index is 3.74. The van der Waals surface area contributed by atoms with Crippen LogP contribution in [-0.2, 0) is 0 Å². The van der Waals surface area contributed by atoms with Gasteiger partial charge in [0.25, 0.3) is 0 Å². The van der Waals surface area contributed by atoms with Crippen molar-refractivity contribution in [2.45, 2.75) is 31.9 Å². The van der Waals surface area contributed by atoms with Crippen LogP contribution in [0.3, 0.4) is 0 Å². The van der Waals surface area contributed by atoms with Crippen LogP contribution >= 0.6 is 0 Å². The zero-order chi connectivity index (χ0) is 10.2. The molecule has 0 atom stereocenters. The number of unbranched alkanes of at least 4 members (excludes halogenated alkanes) is 2. The molecule has 1 aromatic carbocycles. The Kier molecular flexibility index (Phi) is 5.31. The highest BCUT2D eigenvalue weighted by molar-refractivity contribution is 6.71. The minimum Gasteiger partial charge on any atom is -0.103 e. The monoisotopic (exact) mass is 203 g/mol. The van der Waals surface area contributed by atoms with Crippen LogP contribution in [0.4, 0.5) is 0 Å². The Morgan fingerprint density at radius 1 is 1.21 bits per heavy atom. The average Bonchev–Trinajstić information content (AvgIpc) is 2.25. The highest BCUT2D eigenvalue weighted by Gasteiger charge is 2.05. The number of hydrogen-bond acceptors (Lipinski definition) is 0. The Hall–Kier alpha value is -0.823. The van der Waals surface area contributed by atoms with E-state index in [-0.39, 0.29) is 8.80 Å². The van der Waals surface area contributed by atoms with Crippen LogP contribution in [-0.4, -0.2) is 8.80 Å². The molecule has 1 heteroatoms. The van der Waals surface area contributed by atoms with Crippen molar-refractivity contribution in [1.29, 1.82) is 0 Å². The van der Waals surface area contributed by atoms with E-state index in [1.807, 2.05) is 6.08 Å². The Bertz CT molecular complexity index is 253. The molecule has 0 aliphatic carbocycles. The number of rotatable bonds is 6. The van der Waals surface area contributed by atoms with Gasteiger partial charge in [0, 0.05) is 0 Å². The van der Waals surface area contributed by atoms with Crippen molar-refractivity contribution in [3.05, 3.63) is 43.0 Å². The van der Waals surface area contributed by atoms with E-state index >= 15 is 0 Å². The van der Waals surface area contributed by atoms with Gasteiger partial charge in [-0.25, -0.2) is 0 Å². The Morgan fingerprint density at radius 2 is 1.93 bits per heavy atom. The van der Waals surface area contributed by atoms with Crippen molar-refractivity contribution in [2.24, 2.45) is 0 Å². The van der Waals surface area contributed by atoms with Crippen LogP contribution in [0, 0.1) is 0 Å². The molecule has 1 radical (unpaired) electrons. The third kappa shape index (κ3) is 3.92. The van der Waals surface area contributed by atoms with Crippen LogP contribution in [0.2, 0.25) is 12.6 Å². The molecule has 0 bridgehead atoms. The van der Waals surface area contributed by atoms with E-state index in [2.05, 4.69) is 43.5 Å². The van der Waals surface area contributed by atoms with Gasteiger partial charge in [0.2, 0.25) is 0 Å². The summed E-state index contributed by atoms with van der Waals surface area (Å²) in [6, 6.07) is 12.3. The molecule has 0 amide bonds. The molecule has 0 nitrogen and oxygen atoms in total. The second-order valence-electron chi connectivity index (χ2n) is 3.68. The second-order valence-corrected chi connectivity index (χ2v) is 6.32. The number of benzene rings is 1. The van der Waals surface area contributed by atoms with Gasteiger partial charge in [-0.3, -0.25) is 0 Å². The molecule has 0 aliphatic rings. The first-order valence-corrected chi connectivity index (χ1v) is 7.54. The zero-order valence-corrected chi connectivity index (χ0v) is 10.00. The molecular formula is C13H19Si. The van der Waals surface area contributed by atoms with E-state index in [1.165, 1.54) is 25.3 Å². The van der Waals surface area contributed by atoms with Gasteiger partial charge in [-0.1, -0.05) is 67.0 Å². The molecule has 0 N–H and O–H groups in total. The average molecular weight is 203 g/mol. The van der Waals surface area contributed by atoms with Crippen LogP contribution in [0.5, 0.6) is 0 Å². The van der Waals surface area contributed by atoms with E-state index in [1.54, 1.807) is 5.19 Å². The summed E-state index contributed by atoms with van der Waals surface area (Å²) in [5.41, 5.74) is 0. The summed E-state index contributed by atoms with van der Waals surface area (Å²) in [4.78, 5) is 0. The zero-order valence-electron chi connectivity index (χ0n) is 9.00. The number of allylic oxidation sites excluding steroid dienone is 1. The summed E-state index contributed by atoms with van der Waals surface area (Å²) in [5.74, 6) is 0. The first-order valence-electron chi connectivity index (χ1n) is 5.33. The van der Waals surface area contributed by atoms with Gasteiger partial charge in [0.15, 0.2) is 0 Å². The van der Waals surface area contributed by atoms with Crippen molar-refractivity contribution in [1.82, 2.24) is 0 Å². The first-order chi connectivity index (χ1) is 6.84. The van der Waals surface area contributed by atoms with Gasteiger partial charge in [-0.15, -0.1) is 6.58 Å². The third-order valence-corrected chi connectivity index (χ3v) is 4.90. The molecule has 0 saturated heterocycles. The van der Waals surface area contributed by atoms with E-state index in [0.717, 1.165) is 0 Å². The molecule has 14 heavy (non-hydrogen) atoms. The fourth-order valence-electron chi connectivity index (χ4n) is 1.55. The van der Waals surface area contributed by atoms with Crippen molar-refractivity contribution in [2.75, 3.05) is 0 Å². The molecule has 0 spiro atoms. The Labute approximate surface area is 89.3 Å². The van der Waals surface area contributed by atoms with Gasteiger partial charge >= 0.3 is 0 Å². The van der Waals surface area contributed by atoms with Crippen LogP contribution in [0.15, 0.2) is 43.0 Å². The van der Waals surface area contributed by atoms with Gasteiger partial charge in [0.05, 0.1) is 8.80 Å². The second kappa shape index (κ2) is 6.60. The summed E-state index contributed by atoms with van der Waals surface area (Å²) in [7, 11) is -0.282. The van der Waals surface area contributed by atoms with Gasteiger partial charge in [-0.2, -0.15) is 0 Å². The van der Waals surface area contributed by atoms with E-state index in [9.17, 15) is 0 Å². The molecule has 1 rings (SSSR count). The van der Waals surface area contributed by atoms with Crippen molar-refractivity contribution in [3.63, 3.8) is 0 Å². The third-order valence-electron chi connectivity index (χ3n) is 2.48. The maximum Gasteiger partial charge on any atom is 0.0824 e. The van der Waals surface area contributed by atoms with Crippen LogP contribution < -0.4 is 5.19 Å². The minimum absolute atomic E-state index is 0.282. The Balaban J connectivity index is 2.28. The van der Waals surface area contributed by atoms with Crippen LogP contribution in [0.25, 0.3) is 0 Å². The molecule has 1 aromatic rings. The first kappa shape index (κ1) is 11.3. The van der Waals surface area contributed by atoms with Crippen molar-refractivity contribution in [3.8, 4) is 0 Å². The van der Waals surface area contributed by atoms with E-state index in [0.29, 0.717) is 0 Å². The molecule has 0 aliphatic heterocycles. The topological polar surface area (TPSA) is 0 Å². The molecule has 0 heterocycles. The van der Waals surface area contributed by atoms with Gasteiger partial charge < -0.3 is 0 Å². The van der Waals surface area contributed by atoms with Gasteiger partial charge in [-0.05, 0) is 6.42 Å². The lowest BCUT2D eigenvalue weighted by Gasteiger charge is -2.08. The molecule has 0 aromatic heterocycles. The van der Waals surface area contributed by atoms with Crippen molar-refractivity contribution < 1.29 is 0 Å². The summed E-state index contributed by atoms with van der Waals surface area (Å²) < 4.78 is 0. The molecule has 0 unspecified atom stereocenters. The standard InChI is InChI=1S/C13H19Si/c1-3-4-5-9-12-14(2)13-10-7-6-8-11-13/h3,6-8,10-11H,1,4-5,9,12H2,2H3.